The average Bonchev–Trinajstić information content (AvgIpc) is 2.99. The summed E-state index contributed by atoms with van der Waals surface area (Å²) in [6, 6.07) is 0. The summed E-state index contributed by atoms with van der Waals surface area (Å²) >= 11 is 0. The quantitative estimate of drug-likeness (QED) is 0.861. The van der Waals surface area contributed by atoms with Crippen LogP contribution in [0.25, 0.3) is 0 Å². The van der Waals surface area contributed by atoms with E-state index in [1.54, 1.807) is 6.92 Å². The number of carboxylic acids is 1. The van der Waals surface area contributed by atoms with Gasteiger partial charge in [-0.2, -0.15) is 0 Å². The van der Waals surface area contributed by atoms with Crippen molar-refractivity contribution in [1.82, 2.24) is 9.97 Å². The number of ether oxygens (including phenoxy) is 1. The Morgan fingerprint density at radius 3 is 2.85 bits per heavy atom. The molecular weight excluding hydrogens is 260 g/mol. The first-order chi connectivity index (χ1) is 9.54. The minimum Gasteiger partial charge on any atom is -0.481 e. The molecular formula is C14H18N2O4. The molecule has 0 saturated carbocycles. The molecule has 2 N–H and O–H groups in total. The summed E-state index contributed by atoms with van der Waals surface area (Å²) in [5, 5.41) is 8.71. The highest BCUT2D eigenvalue weighted by Crippen LogP contribution is 2.43. The zero-order chi connectivity index (χ0) is 14.3. The number of carbonyl (C=O) groups is 1. The summed E-state index contributed by atoms with van der Waals surface area (Å²) in [7, 11) is 0. The van der Waals surface area contributed by atoms with E-state index in [-0.39, 0.29) is 30.4 Å². The number of aromatic nitrogens is 2. The third kappa shape index (κ3) is 2.35. The molecule has 1 aromatic rings. The van der Waals surface area contributed by atoms with Crippen LogP contribution in [0.2, 0.25) is 0 Å². The maximum Gasteiger partial charge on any atom is 0.303 e. The van der Waals surface area contributed by atoms with Crippen molar-refractivity contribution in [2.45, 2.75) is 57.2 Å². The Morgan fingerprint density at radius 1 is 1.50 bits per heavy atom. The van der Waals surface area contributed by atoms with E-state index in [9.17, 15) is 9.59 Å². The number of rotatable bonds is 4. The molecule has 20 heavy (non-hydrogen) atoms. The van der Waals surface area contributed by atoms with Crippen LogP contribution in [-0.4, -0.2) is 33.3 Å². The van der Waals surface area contributed by atoms with Gasteiger partial charge in [-0.25, -0.2) is 4.98 Å². The number of nitrogens with one attached hydrogen (secondary N) is 1. The summed E-state index contributed by atoms with van der Waals surface area (Å²) in [4.78, 5) is 30.0. The highest BCUT2D eigenvalue weighted by atomic mass is 16.5. The van der Waals surface area contributed by atoms with Gasteiger partial charge in [-0.3, -0.25) is 9.59 Å². The third-order valence-electron chi connectivity index (χ3n) is 4.29. The molecule has 0 aliphatic carbocycles. The monoisotopic (exact) mass is 278 g/mol. The van der Waals surface area contributed by atoms with E-state index in [2.05, 4.69) is 9.97 Å². The van der Waals surface area contributed by atoms with Crippen LogP contribution >= 0.6 is 0 Å². The van der Waals surface area contributed by atoms with E-state index >= 15 is 0 Å². The molecule has 108 valence electrons. The van der Waals surface area contributed by atoms with Gasteiger partial charge < -0.3 is 14.8 Å². The number of nitrogens with zero attached hydrogens (tertiary/aromatic N) is 1. The zero-order valence-corrected chi connectivity index (χ0v) is 11.4. The minimum atomic E-state index is -0.908. The topological polar surface area (TPSA) is 92.3 Å². The third-order valence-corrected chi connectivity index (χ3v) is 4.29. The van der Waals surface area contributed by atoms with Crippen LogP contribution in [0.1, 0.15) is 48.7 Å². The second-order valence-corrected chi connectivity index (χ2v) is 5.62. The lowest BCUT2D eigenvalue weighted by Gasteiger charge is -2.18. The van der Waals surface area contributed by atoms with E-state index in [1.165, 1.54) is 0 Å². The zero-order valence-electron chi connectivity index (χ0n) is 11.4. The SMILES string of the molecule is Cc1nc(C2CC3CCC2O3)[nH]c(=O)c1CCC(=O)O. The van der Waals surface area contributed by atoms with E-state index in [0.717, 1.165) is 19.3 Å². The first-order valence-corrected chi connectivity index (χ1v) is 7.01. The van der Waals surface area contributed by atoms with Gasteiger partial charge in [-0.15, -0.1) is 0 Å². The summed E-state index contributed by atoms with van der Waals surface area (Å²) in [6.07, 6.45) is 3.69. The van der Waals surface area contributed by atoms with Crippen molar-refractivity contribution in [3.8, 4) is 0 Å². The van der Waals surface area contributed by atoms with E-state index in [4.69, 9.17) is 9.84 Å². The van der Waals surface area contributed by atoms with Gasteiger partial charge in [0.1, 0.15) is 5.82 Å². The first kappa shape index (κ1) is 13.3. The highest BCUT2D eigenvalue weighted by molar-refractivity contribution is 5.67. The van der Waals surface area contributed by atoms with Crippen molar-refractivity contribution in [1.29, 1.82) is 0 Å². The Balaban J connectivity index is 1.84. The fourth-order valence-corrected chi connectivity index (χ4v) is 3.26. The molecule has 2 saturated heterocycles. The van der Waals surface area contributed by atoms with Gasteiger partial charge in [0, 0.05) is 23.6 Å². The molecule has 6 heteroatoms. The van der Waals surface area contributed by atoms with Gasteiger partial charge in [0.05, 0.1) is 12.2 Å². The van der Waals surface area contributed by atoms with Crippen LogP contribution in [0.5, 0.6) is 0 Å². The molecule has 3 atom stereocenters. The predicted molar refractivity (Wildman–Crippen MR) is 70.8 cm³/mol. The molecule has 3 rings (SSSR count). The summed E-state index contributed by atoms with van der Waals surface area (Å²) in [5.41, 5.74) is 0.893. The van der Waals surface area contributed by atoms with E-state index < -0.39 is 5.97 Å². The molecule has 3 heterocycles. The fourth-order valence-electron chi connectivity index (χ4n) is 3.26. The molecule has 6 nitrogen and oxygen atoms in total. The molecule has 0 spiro atoms. The van der Waals surface area contributed by atoms with Gasteiger partial charge in [-0.1, -0.05) is 0 Å². The maximum absolute atomic E-state index is 12.1. The summed E-state index contributed by atoms with van der Waals surface area (Å²) in [6.45, 7) is 1.77. The number of hydrogen-bond acceptors (Lipinski definition) is 4. The molecule has 0 aromatic carbocycles. The van der Waals surface area contributed by atoms with Crippen LogP contribution in [0.3, 0.4) is 0 Å². The standard InChI is InChI=1S/C14H18N2O4/c1-7-9(3-5-12(17)18)14(19)16-13(15-7)10-6-8-2-4-11(10)20-8/h8,10-11H,2-6H2,1H3,(H,17,18)(H,15,16,19). The molecule has 2 fully saturated rings. The number of hydrogen-bond donors (Lipinski definition) is 2. The second kappa shape index (κ2) is 5.01. The van der Waals surface area contributed by atoms with Crippen molar-refractivity contribution in [2.24, 2.45) is 0 Å². The number of H-pyrrole nitrogens is 1. The van der Waals surface area contributed by atoms with Crippen molar-refractivity contribution in [2.75, 3.05) is 0 Å². The Bertz CT molecular complexity index is 595. The van der Waals surface area contributed by atoms with Crippen LogP contribution in [0.15, 0.2) is 4.79 Å². The molecule has 1 aromatic heterocycles. The lowest BCUT2D eigenvalue weighted by molar-refractivity contribution is -0.136. The number of aromatic amines is 1. The Labute approximate surface area is 116 Å². The lowest BCUT2D eigenvalue weighted by atomic mass is 9.88. The van der Waals surface area contributed by atoms with Crippen molar-refractivity contribution >= 4 is 5.97 Å². The number of fused-ring (bicyclic) bond motifs is 2. The van der Waals surface area contributed by atoms with Crippen LogP contribution in [0, 0.1) is 6.92 Å². The number of aryl methyl sites for hydroxylation is 1. The van der Waals surface area contributed by atoms with Gasteiger partial charge >= 0.3 is 5.97 Å². The van der Waals surface area contributed by atoms with Gasteiger partial charge in [0.2, 0.25) is 0 Å². The Hall–Kier alpha value is -1.69. The van der Waals surface area contributed by atoms with Gasteiger partial charge in [-0.05, 0) is 32.6 Å². The van der Waals surface area contributed by atoms with Crippen LogP contribution in [0.4, 0.5) is 0 Å². The number of aliphatic carboxylic acids is 1. The molecule has 0 radical (unpaired) electrons. The lowest BCUT2D eigenvalue weighted by Crippen LogP contribution is -2.25. The smallest absolute Gasteiger partial charge is 0.303 e. The van der Waals surface area contributed by atoms with E-state index in [0.29, 0.717) is 23.2 Å². The first-order valence-electron chi connectivity index (χ1n) is 7.01. The molecule has 0 amide bonds. The summed E-state index contributed by atoms with van der Waals surface area (Å²) < 4.78 is 5.79. The maximum atomic E-state index is 12.1. The van der Waals surface area contributed by atoms with Crippen LogP contribution in [-0.2, 0) is 16.0 Å². The van der Waals surface area contributed by atoms with Crippen LogP contribution < -0.4 is 5.56 Å². The highest BCUT2D eigenvalue weighted by Gasteiger charge is 2.42. The van der Waals surface area contributed by atoms with Gasteiger partial charge in [0.15, 0.2) is 0 Å². The second-order valence-electron chi connectivity index (χ2n) is 5.62. The molecule has 2 bridgehead atoms. The average molecular weight is 278 g/mol. The predicted octanol–water partition coefficient (Wildman–Crippen LogP) is 1.13. The largest absolute Gasteiger partial charge is 0.481 e. The van der Waals surface area contributed by atoms with Crippen molar-refractivity contribution in [3.05, 3.63) is 27.4 Å². The molecule has 2 aliphatic rings. The Morgan fingerprint density at radius 2 is 2.30 bits per heavy atom. The van der Waals surface area contributed by atoms with Gasteiger partial charge in [0.25, 0.3) is 5.56 Å². The minimum absolute atomic E-state index is 0.0534. The van der Waals surface area contributed by atoms with Crippen molar-refractivity contribution in [3.63, 3.8) is 0 Å². The van der Waals surface area contributed by atoms with Crippen molar-refractivity contribution < 1.29 is 14.6 Å². The summed E-state index contributed by atoms with van der Waals surface area (Å²) in [5.74, 6) is -0.0400. The number of carboxylic acid groups (broad SMARTS) is 1. The fraction of sp³-hybridized carbons (Fsp3) is 0.643. The normalized spacial score (nSPS) is 27.9. The molecule has 3 unspecified atom stereocenters. The van der Waals surface area contributed by atoms with E-state index in [1.807, 2.05) is 0 Å². The molecule has 2 aliphatic heterocycles. The Kier molecular flexibility index (Phi) is 3.33.